The Hall–Kier alpha value is -1.78. The fourth-order valence-corrected chi connectivity index (χ4v) is 2.44. The van der Waals surface area contributed by atoms with Gasteiger partial charge in [0.05, 0.1) is 7.11 Å². The quantitative estimate of drug-likeness (QED) is 0.676. The van der Waals surface area contributed by atoms with Gasteiger partial charge in [0.25, 0.3) is 0 Å². The van der Waals surface area contributed by atoms with Gasteiger partial charge in [-0.3, -0.25) is 4.99 Å². The van der Waals surface area contributed by atoms with E-state index in [2.05, 4.69) is 34.0 Å². The summed E-state index contributed by atoms with van der Waals surface area (Å²) in [6.45, 7) is 7.43. The lowest BCUT2D eigenvalue weighted by atomic mass is 9.93. The van der Waals surface area contributed by atoms with Crippen molar-refractivity contribution in [2.75, 3.05) is 27.2 Å². The van der Waals surface area contributed by atoms with Crippen LogP contribution in [0.5, 0.6) is 5.88 Å². The molecule has 0 atom stereocenters. The largest absolute Gasteiger partial charge is 0.481 e. The molecule has 1 fully saturated rings. The molecule has 2 heterocycles. The molecule has 1 aliphatic heterocycles. The van der Waals surface area contributed by atoms with Gasteiger partial charge in [0.1, 0.15) is 0 Å². The van der Waals surface area contributed by atoms with Crippen molar-refractivity contribution >= 4 is 5.96 Å². The fraction of sp³-hybridized carbons (Fsp3) is 0.600. The Balaban J connectivity index is 1.91. The van der Waals surface area contributed by atoms with Gasteiger partial charge in [-0.25, -0.2) is 4.98 Å². The van der Waals surface area contributed by atoms with E-state index in [9.17, 15) is 0 Å². The summed E-state index contributed by atoms with van der Waals surface area (Å²) in [6, 6.07) is 3.89. The number of nitrogens with zero attached hydrogens (tertiary/aromatic N) is 3. The van der Waals surface area contributed by atoms with Gasteiger partial charge in [0.15, 0.2) is 5.96 Å². The highest BCUT2D eigenvalue weighted by molar-refractivity contribution is 5.80. The molecule has 20 heavy (non-hydrogen) atoms. The summed E-state index contributed by atoms with van der Waals surface area (Å²) < 4.78 is 5.06. The first-order chi connectivity index (χ1) is 9.54. The molecule has 1 aromatic heterocycles. The number of nitrogens with one attached hydrogen (secondary N) is 1. The van der Waals surface area contributed by atoms with Crippen LogP contribution in [-0.4, -0.2) is 43.1 Å². The molecule has 0 spiro atoms. The molecular formula is C15H24N4O. The van der Waals surface area contributed by atoms with Gasteiger partial charge in [0, 0.05) is 38.9 Å². The van der Waals surface area contributed by atoms with Crippen molar-refractivity contribution in [3.05, 3.63) is 23.9 Å². The fourth-order valence-electron chi connectivity index (χ4n) is 2.44. The summed E-state index contributed by atoms with van der Waals surface area (Å²) >= 11 is 0. The second-order valence-electron chi connectivity index (χ2n) is 5.95. The summed E-state index contributed by atoms with van der Waals surface area (Å²) in [5, 5.41) is 3.40. The second-order valence-corrected chi connectivity index (χ2v) is 5.95. The van der Waals surface area contributed by atoms with Gasteiger partial charge in [-0.2, -0.15) is 0 Å². The number of aliphatic imine (C=N–C) groups is 1. The van der Waals surface area contributed by atoms with Crippen molar-refractivity contribution in [3.63, 3.8) is 0 Å². The topological polar surface area (TPSA) is 49.8 Å². The van der Waals surface area contributed by atoms with E-state index in [0.717, 1.165) is 31.2 Å². The third-order valence-corrected chi connectivity index (χ3v) is 3.65. The van der Waals surface area contributed by atoms with Crippen LogP contribution in [0, 0.1) is 5.41 Å². The zero-order valence-electron chi connectivity index (χ0n) is 12.8. The molecule has 1 aromatic rings. The third-order valence-electron chi connectivity index (χ3n) is 3.65. The predicted molar refractivity (Wildman–Crippen MR) is 81.0 cm³/mol. The molecular weight excluding hydrogens is 252 g/mol. The highest BCUT2D eigenvalue weighted by Gasteiger charge is 2.30. The number of hydrogen-bond donors (Lipinski definition) is 1. The molecule has 0 bridgehead atoms. The highest BCUT2D eigenvalue weighted by atomic mass is 16.5. The van der Waals surface area contributed by atoms with Crippen LogP contribution in [0.2, 0.25) is 0 Å². The molecule has 0 aromatic carbocycles. The summed E-state index contributed by atoms with van der Waals surface area (Å²) in [7, 11) is 3.46. The van der Waals surface area contributed by atoms with Crippen LogP contribution >= 0.6 is 0 Å². The van der Waals surface area contributed by atoms with Crippen LogP contribution in [0.15, 0.2) is 23.3 Å². The van der Waals surface area contributed by atoms with Crippen molar-refractivity contribution in [2.24, 2.45) is 10.4 Å². The molecule has 5 heteroatoms. The van der Waals surface area contributed by atoms with Crippen molar-refractivity contribution in [2.45, 2.75) is 26.8 Å². The van der Waals surface area contributed by atoms with Crippen LogP contribution < -0.4 is 10.1 Å². The van der Waals surface area contributed by atoms with Crippen molar-refractivity contribution in [1.82, 2.24) is 15.2 Å². The van der Waals surface area contributed by atoms with E-state index in [1.54, 1.807) is 7.11 Å². The third kappa shape index (κ3) is 3.62. The zero-order chi connectivity index (χ0) is 14.6. The van der Waals surface area contributed by atoms with Crippen molar-refractivity contribution in [3.8, 4) is 5.88 Å². The monoisotopic (exact) mass is 276 g/mol. The number of rotatable bonds is 3. The van der Waals surface area contributed by atoms with Crippen LogP contribution in [0.25, 0.3) is 0 Å². The molecule has 0 amide bonds. The van der Waals surface area contributed by atoms with E-state index in [1.807, 2.05) is 25.4 Å². The average molecular weight is 276 g/mol. The summed E-state index contributed by atoms with van der Waals surface area (Å²) in [4.78, 5) is 10.9. The maximum atomic E-state index is 5.06. The number of ether oxygens (including phenoxy) is 1. The van der Waals surface area contributed by atoms with Crippen LogP contribution in [0.1, 0.15) is 25.8 Å². The highest BCUT2D eigenvalue weighted by Crippen LogP contribution is 2.28. The minimum Gasteiger partial charge on any atom is -0.481 e. The normalized spacial score (nSPS) is 18.2. The Morgan fingerprint density at radius 1 is 1.50 bits per heavy atom. The molecule has 2 rings (SSSR count). The van der Waals surface area contributed by atoms with Crippen LogP contribution in [0.3, 0.4) is 0 Å². The van der Waals surface area contributed by atoms with Gasteiger partial charge in [-0.15, -0.1) is 0 Å². The van der Waals surface area contributed by atoms with E-state index < -0.39 is 0 Å². The number of guanidine groups is 1. The SMILES string of the molecule is CN=C(NCc1ccc(OC)nc1)N1CCC(C)(C)C1. The lowest BCUT2D eigenvalue weighted by Gasteiger charge is -2.23. The molecule has 0 unspecified atom stereocenters. The Kier molecular flexibility index (Phi) is 4.47. The maximum Gasteiger partial charge on any atom is 0.212 e. The van der Waals surface area contributed by atoms with Crippen molar-refractivity contribution < 1.29 is 4.74 Å². The number of likely N-dealkylation sites (tertiary alicyclic amines) is 1. The molecule has 1 aliphatic rings. The molecule has 0 aliphatic carbocycles. The Bertz CT molecular complexity index is 467. The Morgan fingerprint density at radius 3 is 2.80 bits per heavy atom. The molecule has 1 saturated heterocycles. The minimum atomic E-state index is 0.374. The standard InChI is InChI=1S/C15H24N4O/c1-15(2)7-8-19(11-15)14(16-3)18-10-12-5-6-13(20-4)17-9-12/h5-6,9H,7-8,10-11H2,1-4H3,(H,16,18). The van der Waals surface area contributed by atoms with Crippen molar-refractivity contribution in [1.29, 1.82) is 0 Å². The summed E-state index contributed by atoms with van der Waals surface area (Å²) in [5.41, 5.74) is 1.49. The van der Waals surface area contributed by atoms with Gasteiger partial charge in [-0.1, -0.05) is 19.9 Å². The molecule has 0 radical (unpaired) electrons. The molecule has 1 N–H and O–H groups in total. The summed E-state index contributed by atoms with van der Waals surface area (Å²) in [6.07, 6.45) is 3.03. The van der Waals surface area contributed by atoms with Gasteiger partial charge in [-0.05, 0) is 17.4 Å². The summed E-state index contributed by atoms with van der Waals surface area (Å²) in [5.74, 6) is 1.60. The number of hydrogen-bond acceptors (Lipinski definition) is 3. The average Bonchev–Trinajstić information content (AvgIpc) is 2.80. The number of aromatic nitrogens is 1. The smallest absolute Gasteiger partial charge is 0.212 e. The van der Waals surface area contributed by atoms with E-state index in [-0.39, 0.29) is 0 Å². The lowest BCUT2D eigenvalue weighted by Crippen LogP contribution is -2.40. The van der Waals surface area contributed by atoms with E-state index in [0.29, 0.717) is 11.3 Å². The van der Waals surface area contributed by atoms with Gasteiger partial charge in [0.2, 0.25) is 5.88 Å². The Labute approximate surface area is 121 Å². The number of methoxy groups -OCH3 is 1. The second kappa shape index (κ2) is 6.11. The first kappa shape index (κ1) is 14.6. The first-order valence-electron chi connectivity index (χ1n) is 6.98. The molecule has 0 saturated carbocycles. The molecule has 110 valence electrons. The predicted octanol–water partition coefficient (Wildman–Crippen LogP) is 1.90. The number of pyridine rings is 1. The minimum absolute atomic E-state index is 0.374. The molecule has 5 nitrogen and oxygen atoms in total. The zero-order valence-corrected chi connectivity index (χ0v) is 12.8. The van der Waals surface area contributed by atoms with Crippen LogP contribution in [-0.2, 0) is 6.54 Å². The Morgan fingerprint density at radius 2 is 2.30 bits per heavy atom. The maximum absolute atomic E-state index is 5.06. The van der Waals surface area contributed by atoms with E-state index in [4.69, 9.17) is 4.74 Å². The first-order valence-corrected chi connectivity index (χ1v) is 6.98. The van der Waals surface area contributed by atoms with Crippen LogP contribution in [0.4, 0.5) is 0 Å². The van der Waals surface area contributed by atoms with Gasteiger partial charge >= 0.3 is 0 Å². The lowest BCUT2D eigenvalue weighted by molar-refractivity contribution is 0.370. The van der Waals surface area contributed by atoms with Gasteiger partial charge < -0.3 is 15.0 Å². The van der Waals surface area contributed by atoms with E-state index in [1.165, 1.54) is 6.42 Å². The van der Waals surface area contributed by atoms with E-state index >= 15 is 0 Å².